The Morgan fingerprint density at radius 1 is 1.24 bits per heavy atom. The van der Waals surface area contributed by atoms with Crippen LogP contribution in [0.1, 0.15) is 21.7 Å². The summed E-state index contributed by atoms with van der Waals surface area (Å²) in [7, 11) is 1.32. The minimum absolute atomic E-state index is 0.0402. The maximum Gasteiger partial charge on any atom is 0.341 e. The minimum atomic E-state index is -0.445. The van der Waals surface area contributed by atoms with E-state index in [9.17, 15) is 9.59 Å². The van der Waals surface area contributed by atoms with Gasteiger partial charge in [0.15, 0.2) is 0 Å². The van der Waals surface area contributed by atoms with E-state index < -0.39 is 5.97 Å². The van der Waals surface area contributed by atoms with Gasteiger partial charge in [-0.1, -0.05) is 18.2 Å². The number of benzene rings is 1. The van der Waals surface area contributed by atoms with Crippen LogP contribution in [0.25, 0.3) is 0 Å². The topological polar surface area (TPSA) is 73.2 Å². The molecule has 2 aromatic rings. The first-order valence-corrected chi connectivity index (χ1v) is 6.50. The van der Waals surface area contributed by atoms with Crippen molar-refractivity contribution in [2.24, 2.45) is 0 Å². The Hall–Kier alpha value is -2.63. The molecule has 0 aliphatic carbocycles. The first-order chi connectivity index (χ1) is 10.0. The number of anilines is 1. The van der Waals surface area contributed by atoms with Gasteiger partial charge in [0.2, 0.25) is 5.91 Å². The van der Waals surface area contributed by atoms with Crippen LogP contribution in [0.3, 0.4) is 0 Å². The highest BCUT2D eigenvalue weighted by molar-refractivity contribution is 5.93. The van der Waals surface area contributed by atoms with Gasteiger partial charge in [-0.2, -0.15) is 5.10 Å². The predicted octanol–water partition coefficient (Wildman–Crippen LogP) is 1.93. The number of aromatic nitrogens is 2. The van der Waals surface area contributed by atoms with E-state index in [0.29, 0.717) is 17.0 Å². The molecule has 0 bridgehead atoms. The molecule has 1 aromatic carbocycles. The maximum absolute atomic E-state index is 12.0. The molecule has 1 heterocycles. The molecule has 0 unspecified atom stereocenters. The highest BCUT2D eigenvalue weighted by Crippen LogP contribution is 2.14. The average Bonchev–Trinajstić information content (AvgIpc) is 2.73. The summed E-state index contributed by atoms with van der Waals surface area (Å²) >= 11 is 0. The van der Waals surface area contributed by atoms with Gasteiger partial charge in [-0.25, -0.2) is 4.79 Å². The molecule has 0 fully saturated rings. The molecule has 1 amide bonds. The molecular formula is C15H17N3O3. The summed E-state index contributed by atoms with van der Waals surface area (Å²) in [6, 6.07) is 9.17. The summed E-state index contributed by atoms with van der Waals surface area (Å²) in [5.74, 6) is -0.650. The molecular weight excluding hydrogens is 270 g/mol. The Morgan fingerprint density at radius 3 is 2.52 bits per heavy atom. The Morgan fingerprint density at radius 2 is 1.90 bits per heavy atom. The van der Waals surface area contributed by atoms with Crippen LogP contribution in [0.2, 0.25) is 0 Å². The van der Waals surface area contributed by atoms with E-state index >= 15 is 0 Å². The van der Waals surface area contributed by atoms with Gasteiger partial charge in [-0.15, -0.1) is 0 Å². The SMILES string of the molecule is COC(=O)c1c(C)nn(CC(=O)Nc2ccccc2)c1C. The van der Waals surface area contributed by atoms with E-state index in [1.165, 1.54) is 11.8 Å². The highest BCUT2D eigenvalue weighted by Gasteiger charge is 2.20. The lowest BCUT2D eigenvalue weighted by molar-refractivity contribution is -0.116. The van der Waals surface area contributed by atoms with Crippen molar-refractivity contribution >= 4 is 17.6 Å². The fourth-order valence-electron chi connectivity index (χ4n) is 2.11. The lowest BCUT2D eigenvalue weighted by Crippen LogP contribution is -2.20. The first kappa shape index (κ1) is 14.8. The lowest BCUT2D eigenvalue weighted by Gasteiger charge is -2.07. The van der Waals surface area contributed by atoms with Gasteiger partial charge < -0.3 is 10.1 Å². The van der Waals surface area contributed by atoms with E-state index in [4.69, 9.17) is 4.74 Å². The van der Waals surface area contributed by atoms with Crippen LogP contribution in [0.5, 0.6) is 0 Å². The van der Waals surface area contributed by atoms with E-state index in [-0.39, 0.29) is 12.5 Å². The molecule has 0 saturated heterocycles. The number of esters is 1. The number of hydrogen-bond acceptors (Lipinski definition) is 4. The normalized spacial score (nSPS) is 10.2. The van der Waals surface area contributed by atoms with Crippen molar-refractivity contribution in [2.45, 2.75) is 20.4 Å². The summed E-state index contributed by atoms with van der Waals surface area (Å²) in [5, 5.41) is 6.99. The summed E-state index contributed by atoms with van der Waals surface area (Å²) in [6.07, 6.45) is 0. The van der Waals surface area contributed by atoms with E-state index in [2.05, 4.69) is 10.4 Å². The molecule has 2 rings (SSSR count). The van der Waals surface area contributed by atoms with Crippen molar-refractivity contribution < 1.29 is 14.3 Å². The fraction of sp³-hybridized carbons (Fsp3) is 0.267. The molecule has 0 aliphatic heterocycles. The zero-order valence-corrected chi connectivity index (χ0v) is 12.2. The molecule has 1 N–H and O–H groups in total. The zero-order chi connectivity index (χ0) is 15.4. The third kappa shape index (κ3) is 3.28. The number of carbonyl (C=O) groups is 2. The molecule has 0 spiro atoms. The predicted molar refractivity (Wildman–Crippen MR) is 78.1 cm³/mol. The Bertz CT molecular complexity index is 662. The number of ether oxygens (including phenoxy) is 1. The van der Waals surface area contributed by atoms with Gasteiger partial charge in [-0.05, 0) is 26.0 Å². The number of nitrogens with one attached hydrogen (secondary N) is 1. The third-order valence-corrected chi connectivity index (χ3v) is 3.12. The molecule has 6 heteroatoms. The second kappa shape index (κ2) is 6.21. The summed E-state index contributed by atoms with van der Waals surface area (Å²) in [6.45, 7) is 3.49. The quantitative estimate of drug-likeness (QED) is 0.872. The van der Waals surface area contributed by atoms with Crippen molar-refractivity contribution in [3.05, 3.63) is 47.3 Å². The van der Waals surface area contributed by atoms with Crippen LogP contribution in [0.15, 0.2) is 30.3 Å². The van der Waals surface area contributed by atoms with Crippen molar-refractivity contribution in [1.82, 2.24) is 9.78 Å². The number of hydrogen-bond donors (Lipinski definition) is 1. The van der Waals surface area contributed by atoms with Crippen LogP contribution in [-0.2, 0) is 16.1 Å². The first-order valence-electron chi connectivity index (χ1n) is 6.50. The second-order valence-electron chi connectivity index (χ2n) is 4.61. The van der Waals surface area contributed by atoms with Crippen LogP contribution in [0.4, 0.5) is 5.69 Å². The lowest BCUT2D eigenvalue weighted by atomic mass is 10.2. The van der Waals surface area contributed by atoms with E-state index in [1.807, 2.05) is 18.2 Å². The highest BCUT2D eigenvalue weighted by atomic mass is 16.5. The van der Waals surface area contributed by atoms with Crippen LogP contribution in [-0.4, -0.2) is 28.8 Å². The number of para-hydroxylation sites is 1. The number of rotatable bonds is 4. The summed E-state index contributed by atoms with van der Waals surface area (Å²) in [5.41, 5.74) is 2.29. The Kier molecular flexibility index (Phi) is 4.37. The molecule has 0 aliphatic rings. The Balaban J connectivity index is 2.13. The molecule has 110 valence electrons. The van der Waals surface area contributed by atoms with Crippen molar-refractivity contribution in [3.63, 3.8) is 0 Å². The van der Waals surface area contributed by atoms with Crippen LogP contribution < -0.4 is 5.32 Å². The molecule has 0 saturated carbocycles. The van der Waals surface area contributed by atoms with Crippen LogP contribution >= 0.6 is 0 Å². The molecule has 0 atom stereocenters. The zero-order valence-electron chi connectivity index (χ0n) is 12.2. The molecule has 0 radical (unpaired) electrons. The van der Waals surface area contributed by atoms with Crippen molar-refractivity contribution in [2.75, 3.05) is 12.4 Å². The number of nitrogens with zero attached hydrogens (tertiary/aromatic N) is 2. The summed E-state index contributed by atoms with van der Waals surface area (Å²) in [4.78, 5) is 23.7. The van der Waals surface area contributed by atoms with Crippen molar-refractivity contribution in [3.8, 4) is 0 Å². The fourth-order valence-corrected chi connectivity index (χ4v) is 2.11. The Labute approximate surface area is 122 Å². The smallest absolute Gasteiger partial charge is 0.341 e. The monoisotopic (exact) mass is 287 g/mol. The number of aryl methyl sites for hydroxylation is 1. The number of carbonyl (C=O) groups excluding carboxylic acids is 2. The van der Waals surface area contributed by atoms with Crippen LogP contribution in [0, 0.1) is 13.8 Å². The molecule has 21 heavy (non-hydrogen) atoms. The van der Waals surface area contributed by atoms with Crippen molar-refractivity contribution in [1.29, 1.82) is 0 Å². The van der Waals surface area contributed by atoms with E-state index in [1.54, 1.807) is 26.0 Å². The molecule has 1 aromatic heterocycles. The summed E-state index contributed by atoms with van der Waals surface area (Å²) < 4.78 is 6.22. The van der Waals surface area contributed by atoms with Gasteiger partial charge in [0.05, 0.1) is 18.5 Å². The third-order valence-electron chi connectivity index (χ3n) is 3.12. The van der Waals surface area contributed by atoms with Gasteiger partial charge in [-0.3, -0.25) is 9.48 Å². The second-order valence-corrected chi connectivity index (χ2v) is 4.61. The standard InChI is InChI=1S/C15H17N3O3/c1-10-14(15(20)21-3)11(2)18(17-10)9-13(19)16-12-7-5-4-6-8-12/h4-8H,9H2,1-3H3,(H,16,19). The van der Waals surface area contributed by atoms with Gasteiger partial charge in [0, 0.05) is 5.69 Å². The molecule has 6 nitrogen and oxygen atoms in total. The largest absolute Gasteiger partial charge is 0.465 e. The average molecular weight is 287 g/mol. The van der Waals surface area contributed by atoms with E-state index in [0.717, 1.165) is 5.69 Å². The van der Waals surface area contributed by atoms with Gasteiger partial charge in [0.25, 0.3) is 0 Å². The van der Waals surface area contributed by atoms with Gasteiger partial charge in [0.1, 0.15) is 12.1 Å². The van der Waals surface area contributed by atoms with Gasteiger partial charge >= 0.3 is 5.97 Å². The number of amides is 1. The maximum atomic E-state index is 12.0. The minimum Gasteiger partial charge on any atom is -0.465 e. The number of methoxy groups -OCH3 is 1.